The first-order valence-electron chi connectivity index (χ1n) is 7.22. The third-order valence-corrected chi connectivity index (χ3v) is 3.90. The minimum absolute atomic E-state index is 0.282. The molecule has 6 nitrogen and oxygen atoms in total. The van der Waals surface area contributed by atoms with Gasteiger partial charge < -0.3 is 10.5 Å². The number of nitrogens with zero attached hydrogens (tertiary/aromatic N) is 4. The molecule has 0 aromatic carbocycles. The van der Waals surface area contributed by atoms with Crippen LogP contribution in [0.1, 0.15) is 19.4 Å². The van der Waals surface area contributed by atoms with Crippen molar-refractivity contribution < 1.29 is 13.9 Å². The molecule has 0 spiro atoms. The third kappa shape index (κ3) is 3.77. The summed E-state index contributed by atoms with van der Waals surface area (Å²) in [6, 6.07) is 3.13. The van der Waals surface area contributed by atoms with Crippen molar-refractivity contribution in [2.45, 2.75) is 25.5 Å². The molecule has 0 unspecified atom stereocenters. The Kier molecular flexibility index (Phi) is 4.74. The summed E-state index contributed by atoms with van der Waals surface area (Å²) in [5, 5.41) is 15.7. The van der Waals surface area contributed by atoms with E-state index in [0.29, 0.717) is 52.7 Å². The van der Waals surface area contributed by atoms with Crippen molar-refractivity contribution in [1.29, 1.82) is 0 Å². The van der Waals surface area contributed by atoms with Gasteiger partial charge in [-0.3, -0.25) is 0 Å². The molecule has 0 aliphatic carbocycles. The zero-order valence-electron chi connectivity index (χ0n) is 12.2. The Morgan fingerprint density at radius 1 is 1.35 bits per heavy atom. The normalized spacial score (nSPS) is 16.9. The van der Waals surface area contributed by atoms with Gasteiger partial charge in [-0.2, -0.15) is 13.9 Å². The van der Waals surface area contributed by atoms with E-state index in [9.17, 15) is 13.9 Å². The molecule has 2 aromatic heterocycles. The topological polar surface area (TPSA) is 66.2 Å². The van der Waals surface area contributed by atoms with Crippen molar-refractivity contribution in [3.05, 3.63) is 29.7 Å². The summed E-state index contributed by atoms with van der Waals surface area (Å²) in [4.78, 5) is 4.01. The van der Waals surface area contributed by atoms with Crippen LogP contribution in [0.2, 0.25) is 5.15 Å². The smallest absolute Gasteiger partial charge is 0.333 e. The van der Waals surface area contributed by atoms with Crippen molar-refractivity contribution in [3.63, 3.8) is 0 Å². The van der Waals surface area contributed by atoms with E-state index in [4.69, 9.17) is 11.6 Å². The molecule has 23 heavy (non-hydrogen) atoms. The highest BCUT2D eigenvalue weighted by molar-refractivity contribution is 6.29. The van der Waals surface area contributed by atoms with Crippen LogP contribution in [0.25, 0.3) is 11.3 Å². The van der Waals surface area contributed by atoms with E-state index >= 15 is 0 Å². The lowest BCUT2D eigenvalue weighted by Crippen LogP contribution is -2.39. The van der Waals surface area contributed by atoms with Gasteiger partial charge in [0.25, 0.3) is 0 Å². The van der Waals surface area contributed by atoms with Crippen LogP contribution >= 0.6 is 11.6 Å². The summed E-state index contributed by atoms with van der Waals surface area (Å²) in [7, 11) is 0. The monoisotopic (exact) mass is 343 g/mol. The van der Waals surface area contributed by atoms with Gasteiger partial charge in [0.1, 0.15) is 5.15 Å². The van der Waals surface area contributed by atoms with Gasteiger partial charge in [-0.1, -0.05) is 11.6 Å². The summed E-state index contributed by atoms with van der Waals surface area (Å²) < 4.78 is 26.0. The fraction of sp³-hybridized carbons (Fsp3) is 0.429. The van der Waals surface area contributed by atoms with Gasteiger partial charge in [0.2, 0.25) is 0 Å². The molecule has 0 saturated carbocycles. The fourth-order valence-corrected chi connectivity index (χ4v) is 2.62. The highest BCUT2D eigenvalue weighted by Gasteiger charge is 2.19. The minimum Gasteiger partial charge on any atom is -0.393 e. The number of aliphatic hydroxyl groups is 1. The number of hydrazine groups is 1. The minimum atomic E-state index is -2.69. The molecule has 3 heterocycles. The van der Waals surface area contributed by atoms with Crippen LogP contribution in [0.15, 0.2) is 24.5 Å². The van der Waals surface area contributed by atoms with E-state index in [1.165, 1.54) is 18.5 Å². The average Bonchev–Trinajstić information content (AvgIpc) is 3.00. The van der Waals surface area contributed by atoms with Gasteiger partial charge in [0.15, 0.2) is 0 Å². The zero-order chi connectivity index (χ0) is 16.4. The van der Waals surface area contributed by atoms with Gasteiger partial charge >= 0.3 is 6.55 Å². The third-order valence-electron chi connectivity index (χ3n) is 3.70. The summed E-state index contributed by atoms with van der Waals surface area (Å²) in [6.07, 6.45) is 3.77. The molecule has 1 saturated heterocycles. The first-order chi connectivity index (χ1) is 11.0. The molecule has 1 aliphatic heterocycles. The molecule has 0 bridgehead atoms. The number of hydrogen-bond acceptors (Lipinski definition) is 5. The molecule has 0 amide bonds. The number of rotatable bonds is 4. The molecule has 1 fully saturated rings. The Labute approximate surface area is 136 Å². The second-order valence-electron chi connectivity index (χ2n) is 5.34. The SMILES string of the molecule is OC1CCN(Nc2cc(Cl)ncc2-c2ccn(C(F)F)n2)CC1. The van der Waals surface area contributed by atoms with Crippen LogP contribution in [-0.4, -0.2) is 44.1 Å². The number of alkyl halides is 2. The maximum atomic E-state index is 12.7. The van der Waals surface area contributed by atoms with Crippen LogP contribution in [0.5, 0.6) is 0 Å². The zero-order valence-corrected chi connectivity index (χ0v) is 12.9. The number of piperidine rings is 1. The van der Waals surface area contributed by atoms with Gasteiger partial charge in [-0.15, -0.1) is 0 Å². The number of aromatic nitrogens is 3. The molecule has 1 aliphatic rings. The van der Waals surface area contributed by atoms with E-state index < -0.39 is 6.55 Å². The Morgan fingerprint density at radius 2 is 2.09 bits per heavy atom. The molecule has 9 heteroatoms. The Balaban J connectivity index is 1.85. The molecular formula is C14H16ClF2N5O. The molecule has 124 valence electrons. The van der Waals surface area contributed by atoms with Crippen LogP contribution in [0.3, 0.4) is 0 Å². The van der Waals surface area contributed by atoms with Crippen molar-refractivity contribution in [2.75, 3.05) is 18.5 Å². The van der Waals surface area contributed by atoms with Crippen molar-refractivity contribution in [2.24, 2.45) is 0 Å². The summed E-state index contributed by atoms with van der Waals surface area (Å²) in [5.41, 5.74) is 4.82. The number of aliphatic hydroxyl groups excluding tert-OH is 1. The molecule has 3 rings (SSSR count). The van der Waals surface area contributed by atoms with Gasteiger partial charge in [0, 0.05) is 37.1 Å². The van der Waals surface area contributed by atoms with Crippen LogP contribution in [0, 0.1) is 0 Å². The second-order valence-corrected chi connectivity index (χ2v) is 5.73. The Bertz CT molecular complexity index is 673. The largest absolute Gasteiger partial charge is 0.393 e. The molecule has 2 N–H and O–H groups in total. The lowest BCUT2D eigenvalue weighted by Gasteiger charge is -2.31. The number of nitrogens with one attached hydrogen (secondary N) is 1. The summed E-state index contributed by atoms with van der Waals surface area (Å²) in [5.74, 6) is 0. The highest BCUT2D eigenvalue weighted by atomic mass is 35.5. The molecular weight excluding hydrogens is 328 g/mol. The average molecular weight is 344 g/mol. The predicted molar refractivity (Wildman–Crippen MR) is 82.2 cm³/mol. The standard InChI is InChI=1S/C14H16ClF2N5O/c15-13-7-12(19-21-4-1-9(23)2-5-21)10(8-18-13)11-3-6-22(20-11)14(16)17/h3,6-9,14,23H,1-2,4-5H2,(H,18,19). The first-order valence-corrected chi connectivity index (χ1v) is 7.59. The van der Waals surface area contributed by atoms with Gasteiger partial charge in [-0.25, -0.2) is 14.7 Å². The van der Waals surface area contributed by atoms with Gasteiger partial charge in [0.05, 0.1) is 17.5 Å². The molecule has 0 radical (unpaired) electrons. The van der Waals surface area contributed by atoms with Crippen LogP contribution in [0.4, 0.5) is 14.5 Å². The second kappa shape index (κ2) is 6.77. The van der Waals surface area contributed by atoms with E-state index in [0.717, 1.165) is 0 Å². The quantitative estimate of drug-likeness (QED) is 0.836. The van der Waals surface area contributed by atoms with Crippen molar-refractivity contribution >= 4 is 17.3 Å². The maximum Gasteiger partial charge on any atom is 0.333 e. The molecule has 0 atom stereocenters. The van der Waals surface area contributed by atoms with Crippen LogP contribution < -0.4 is 5.43 Å². The van der Waals surface area contributed by atoms with Crippen molar-refractivity contribution in [3.8, 4) is 11.3 Å². The van der Waals surface area contributed by atoms with Crippen LogP contribution in [-0.2, 0) is 0 Å². The number of halogens is 3. The summed E-state index contributed by atoms with van der Waals surface area (Å²) in [6.45, 7) is -1.35. The predicted octanol–water partition coefficient (Wildman–Crippen LogP) is 2.78. The summed E-state index contributed by atoms with van der Waals surface area (Å²) >= 11 is 5.95. The molecule has 2 aromatic rings. The van der Waals surface area contributed by atoms with Gasteiger partial charge in [-0.05, 0) is 18.9 Å². The highest BCUT2D eigenvalue weighted by Crippen LogP contribution is 2.29. The maximum absolute atomic E-state index is 12.7. The number of anilines is 1. The van der Waals surface area contributed by atoms with E-state index in [1.807, 2.05) is 5.01 Å². The lowest BCUT2D eigenvalue weighted by molar-refractivity contribution is 0.0568. The Hall–Kier alpha value is -1.77. The first kappa shape index (κ1) is 16.1. The van der Waals surface area contributed by atoms with Crippen molar-refractivity contribution in [1.82, 2.24) is 19.8 Å². The lowest BCUT2D eigenvalue weighted by atomic mass is 10.1. The van der Waals surface area contributed by atoms with E-state index in [2.05, 4.69) is 15.5 Å². The Morgan fingerprint density at radius 3 is 2.74 bits per heavy atom. The van der Waals surface area contributed by atoms with E-state index in [-0.39, 0.29) is 6.10 Å². The number of hydrogen-bond donors (Lipinski definition) is 2. The van der Waals surface area contributed by atoms with E-state index in [1.54, 1.807) is 6.07 Å². The number of pyridine rings is 1. The fourth-order valence-electron chi connectivity index (χ4n) is 2.46.